The summed E-state index contributed by atoms with van der Waals surface area (Å²) in [7, 11) is 0. The monoisotopic (exact) mass is 282 g/mol. The van der Waals surface area contributed by atoms with Crippen molar-refractivity contribution in [3.63, 3.8) is 0 Å². The Morgan fingerprint density at radius 2 is 1.90 bits per heavy atom. The summed E-state index contributed by atoms with van der Waals surface area (Å²) < 4.78 is 1.99. The molecule has 0 bridgehead atoms. The number of thiocarbonyl (C=S) groups is 1. The molecule has 3 rings (SSSR count). The third-order valence-electron chi connectivity index (χ3n) is 2.88. The molecular weight excluding hydrogens is 268 g/mol. The molecule has 4 nitrogen and oxygen atoms in total. The van der Waals surface area contributed by atoms with E-state index in [0.717, 1.165) is 17.0 Å². The summed E-state index contributed by atoms with van der Waals surface area (Å²) in [6.45, 7) is 0.598. The molecule has 0 fully saturated rings. The minimum atomic E-state index is 0.591. The van der Waals surface area contributed by atoms with Gasteiger partial charge in [-0.1, -0.05) is 24.3 Å². The molecule has 100 valence electrons. The van der Waals surface area contributed by atoms with E-state index in [0.29, 0.717) is 11.7 Å². The van der Waals surface area contributed by atoms with Crippen molar-refractivity contribution in [1.82, 2.24) is 14.7 Å². The van der Waals surface area contributed by atoms with Crippen LogP contribution in [0.3, 0.4) is 0 Å². The Kier molecular flexibility index (Phi) is 3.60. The number of hydrogen-bond donors (Lipinski definition) is 2. The van der Waals surface area contributed by atoms with Crippen molar-refractivity contribution in [2.75, 3.05) is 5.32 Å². The first-order valence-corrected chi connectivity index (χ1v) is 6.74. The smallest absolute Gasteiger partial charge is 0.171 e. The molecule has 5 heteroatoms. The van der Waals surface area contributed by atoms with Crippen molar-refractivity contribution in [2.24, 2.45) is 0 Å². The van der Waals surface area contributed by atoms with E-state index >= 15 is 0 Å². The highest BCUT2D eigenvalue weighted by atomic mass is 32.1. The van der Waals surface area contributed by atoms with E-state index in [9.17, 15) is 0 Å². The molecule has 1 aromatic carbocycles. The second-order valence-corrected chi connectivity index (χ2v) is 4.78. The zero-order valence-electron chi connectivity index (χ0n) is 10.8. The second-order valence-electron chi connectivity index (χ2n) is 4.37. The first-order valence-electron chi connectivity index (χ1n) is 6.34. The molecule has 2 N–H and O–H groups in total. The van der Waals surface area contributed by atoms with Crippen LogP contribution >= 0.6 is 12.2 Å². The lowest BCUT2D eigenvalue weighted by Crippen LogP contribution is -2.27. The molecule has 0 aliphatic heterocycles. The van der Waals surface area contributed by atoms with Crippen LogP contribution in [0.1, 0.15) is 5.69 Å². The summed E-state index contributed by atoms with van der Waals surface area (Å²) in [4.78, 5) is 4.50. The zero-order valence-corrected chi connectivity index (χ0v) is 11.6. The van der Waals surface area contributed by atoms with Crippen molar-refractivity contribution in [3.05, 3.63) is 66.6 Å². The number of anilines is 1. The van der Waals surface area contributed by atoms with Crippen LogP contribution in [0, 0.1) is 0 Å². The minimum Gasteiger partial charge on any atom is -0.357 e. The van der Waals surface area contributed by atoms with Gasteiger partial charge in [-0.15, -0.1) is 0 Å². The number of rotatable bonds is 3. The van der Waals surface area contributed by atoms with Crippen LogP contribution in [0.25, 0.3) is 5.65 Å². The lowest BCUT2D eigenvalue weighted by atomic mass is 10.3. The Hall–Kier alpha value is -2.40. The van der Waals surface area contributed by atoms with Gasteiger partial charge in [0.05, 0.1) is 12.2 Å². The standard InChI is InChI=1S/C15H14N4S/c20-15(18-12-6-2-1-3-7-12)16-10-13-11-19-9-5-4-8-14(19)17-13/h1-9,11H,10H2,(H2,16,18,20). The number of hydrogen-bond acceptors (Lipinski definition) is 2. The number of fused-ring (bicyclic) bond motifs is 1. The van der Waals surface area contributed by atoms with E-state index in [-0.39, 0.29) is 0 Å². The van der Waals surface area contributed by atoms with Crippen LogP contribution in [-0.4, -0.2) is 14.5 Å². The van der Waals surface area contributed by atoms with E-state index in [4.69, 9.17) is 12.2 Å². The van der Waals surface area contributed by atoms with Crippen LogP contribution < -0.4 is 10.6 Å². The van der Waals surface area contributed by atoms with Crippen molar-refractivity contribution in [3.8, 4) is 0 Å². The Morgan fingerprint density at radius 3 is 2.70 bits per heavy atom. The molecule has 20 heavy (non-hydrogen) atoms. The van der Waals surface area contributed by atoms with E-state index in [1.807, 2.05) is 65.3 Å². The van der Waals surface area contributed by atoms with Gasteiger partial charge in [0, 0.05) is 18.1 Å². The predicted octanol–water partition coefficient (Wildman–Crippen LogP) is 2.82. The number of nitrogens with one attached hydrogen (secondary N) is 2. The van der Waals surface area contributed by atoms with E-state index < -0.39 is 0 Å². The van der Waals surface area contributed by atoms with Gasteiger partial charge in [0.15, 0.2) is 5.11 Å². The molecule has 3 aromatic rings. The summed E-state index contributed by atoms with van der Waals surface area (Å²) in [6.07, 6.45) is 3.97. The van der Waals surface area contributed by atoms with Crippen LogP contribution in [0.4, 0.5) is 5.69 Å². The van der Waals surface area contributed by atoms with Crippen molar-refractivity contribution >= 4 is 28.7 Å². The lowest BCUT2D eigenvalue weighted by Gasteiger charge is -2.08. The second kappa shape index (κ2) is 5.71. The van der Waals surface area contributed by atoms with Crippen molar-refractivity contribution in [2.45, 2.75) is 6.54 Å². The molecule has 0 unspecified atom stereocenters. The summed E-state index contributed by atoms with van der Waals surface area (Å²) in [5.41, 5.74) is 2.86. The Bertz CT molecular complexity index is 688. The normalized spacial score (nSPS) is 10.4. The maximum absolute atomic E-state index is 5.26. The van der Waals surface area contributed by atoms with Crippen molar-refractivity contribution < 1.29 is 0 Å². The molecule has 2 heterocycles. The fourth-order valence-corrected chi connectivity index (χ4v) is 2.13. The minimum absolute atomic E-state index is 0.591. The van der Waals surface area contributed by atoms with Crippen LogP contribution in [-0.2, 0) is 6.54 Å². The number of nitrogens with zero attached hydrogens (tertiary/aromatic N) is 2. The highest BCUT2D eigenvalue weighted by molar-refractivity contribution is 7.80. The van der Waals surface area contributed by atoms with E-state index in [1.165, 1.54) is 0 Å². The van der Waals surface area contributed by atoms with Gasteiger partial charge in [-0.3, -0.25) is 0 Å². The fourth-order valence-electron chi connectivity index (χ4n) is 1.94. The maximum atomic E-state index is 5.26. The molecule has 0 aliphatic rings. The Labute approximate surface area is 122 Å². The molecule has 0 radical (unpaired) electrons. The topological polar surface area (TPSA) is 41.4 Å². The maximum Gasteiger partial charge on any atom is 0.171 e. The van der Waals surface area contributed by atoms with Gasteiger partial charge >= 0.3 is 0 Å². The molecule has 0 saturated heterocycles. The van der Waals surface area contributed by atoms with Crippen LogP contribution in [0.15, 0.2) is 60.9 Å². The number of benzene rings is 1. The number of imidazole rings is 1. The average molecular weight is 282 g/mol. The molecule has 0 atom stereocenters. The quantitative estimate of drug-likeness (QED) is 0.725. The highest BCUT2D eigenvalue weighted by Crippen LogP contribution is 2.06. The van der Waals surface area contributed by atoms with Gasteiger partial charge in [0.2, 0.25) is 0 Å². The number of pyridine rings is 1. The van der Waals surface area contributed by atoms with Gasteiger partial charge in [-0.25, -0.2) is 4.98 Å². The van der Waals surface area contributed by atoms with Crippen molar-refractivity contribution in [1.29, 1.82) is 0 Å². The van der Waals surface area contributed by atoms with Crippen LogP contribution in [0.2, 0.25) is 0 Å². The molecule has 0 aliphatic carbocycles. The van der Waals surface area contributed by atoms with Gasteiger partial charge in [0.25, 0.3) is 0 Å². The third kappa shape index (κ3) is 2.95. The molecular formula is C15H14N4S. The van der Waals surface area contributed by atoms with Gasteiger partial charge < -0.3 is 15.0 Å². The van der Waals surface area contributed by atoms with Gasteiger partial charge in [0.1, 0.15) is 5.65 Å². The predicted molar refractivity (Wildman–Crippen MR) is 84.7 cm³/mol. The summed E-state index contributed by atoms with van der Waals surface area (Å²) in [5, 5.41) is 6.88. The summed E-state index contributed by atoms with van der Waals surface area (Å²) in [5.74, 6) is 0. The molecule has 0 spiro atoms. The lowest BCUT2D eigenvalue weighted by molar-refractivity contribution is 0.894. The van der Waals surface area contributed by atoms with E-state index in [2.05, 4.69) is 15.6 Å². The largest absolute Gasteiger partial charge is 0.357 e. The molecule has 0 saturated carbocycles. The first kappa shape index (κ1) is 12.6. The Morgan fingerprint density at radius 1 is 1.10 bits per heavy atom. The Balaban J connectivity index is 1.60. The van der Waals surface area contributed by atoms with Gasteiger partial charge in [-0.2, -0.15) is 0 Å². The highest BCUT2D eigenvalue weighted by Gasteiger charge is 2.02. The number of aromatic nitrogens is 2. The summed E-state index contributed by atoms with van der Waals surface area (Å²) in [6, 6.07) is 15.8. The SMILES string of the molecule is S=C(NCc1cn2ccccc2n1)Nc1ccccc1. The van der Waals surface area contributed by atoms with Crippen LogP contribution in [0.5, 0.6) is 0 Å². The molecule has 0 amide bonds. The first-order chi connectivity index (χ1) is 9.81. The fraction of sp³-hybridized carbons (Fsp3) is 0.0667. The van der Waals surface area contributed by atoms with E-state index in [1.54, 1.807) is 0 Å². The molecule has 2 aromatic heterocycles. The average Bonchev–Trinajstić information content (AvgIpc) is 2.89. The zero-order chi connectivity index (χ0) is 13.8. The van der Waals surface area contributed by atoms with Gasteiger partial charge in [-0.05, 0) is 36.5 Å². The summed E-state index contributed by atoms with van der Waals surface area (Å²) >= 11 is 5.26. The third-order valence-corrected chi connectivity index (χ3v) is 3.12. The number of para-hydroxylation sites is 1.